The van der Waals surface area contributed by atoms with Gasteiger partial charge in [-0.05, 0) is 64.2 Å². The standard InChI is InChI=1S/C56H104O6/c1-4-7-10-13-16-19-22-24-26-27-28-29-30-32-34-37-40-43-46-49-55(58)61-52-53(51-60-54(57)48-45-42-39-36-33-21-18-15-12-9-6-3)62-56(59)50-47-44-41-38-35-31-25-23-20-17-14-11-8-5-2/h15,18,23,25,53H,4-14,16-17,19-22,24,26-52H2,1-3H3/b18-15-,25-23-/t53-/m1/s1. The van der Waals surface area contributed by atoms with Gasteiger partial charge in [-0.25, -0.2) is 0 Å². The highest BCUT2D eigenvalue weighted by atomic mass is 16.6. The van der Waals surface area contributed by atoms with Crippen molar-refractivity contribution in [3.63, 3.8) is 0 Å². The summed E-state index contributed by atoms with van der Waals surface area (Å²) < 4.78 is 16.8. The van der Waals surface area contributed by atoms with Crippen molar-refractivity contribution in [2.45, 2.75) is 303 Å². The van der Waals surface area contributed by atoms with E-state index in [9.17, 15) is 14.4 Å². The Bertz CT molecular complexity index is 1000. The molecule has 6 heteroatoms. The van der Waals surface area contributed by atoms with Crippen LogP contribution in [0.15, 0.2) is 24.3 Å². The van der Waals surface area contributed by atoms with Crippen LogP contribution < -0.4 is 0 Å². The zero-order valence-corrected chi connectivity index (χ0v) is 41.7. The third-order valence-electron chi connectivity index (χ3n) is 12.2. The Kier molecular flexibility index (Phi) is 49.8. The summed E-state index contributed by atoms with van der Waals surface area (Å²) in [6, 6.07) is 0. The van der Waals surface area contributed by atoms with E-state index in [2.05, 4.69) is 45.1 Å². The highest BCUT2D eigenvalue weighted by Crippen LogP contribution is 2.16. The van der Waals surface area contributed by atoms with Gasteiger partial charge in [0.2, 0.25) is 0 Å². The van der Waals surface area contributed by atoms with Crippen LogP contribution in [0.1, 0.15) is 297 Å². The Morgan fingerprint density at radius 3 is 0.855 bits per heavy atom. The first-order valence-electron chi connectivity index (χ1n) is 27.3. The minimum absolute atomic E-state index is 0.0733. The highest BCUT2D eigenvalue weighted by Gasteiger charge is 2.19. The van der Waals surface area contributed by atoms with E-state index in [1.165, 1.54) is 186 Å². The van der Waals surface area contributed by atoms with Crippen molar-refractivity contribution < 1.29 is 28.6 Å². The Labute approximate surface area is 385 Å². The lowest BCUT2D eigenvalue weighted by Gasteiger charge is -2.18. The topological polar surface area (TPSA) is 78.9 Å². The van der Waals surface area contributed by atoms with E-state index in [0.717, 1.165) is 70.6 Å². The fraction of sp³-hybridized carbons (Fsp3) is 0.875. The molecule has 0 N–H and O–H groups in total. The van der Waals surface area contributed by atoms with E-state index in [0.29, 0.717) is 19.3 Å². The Morgan fingerprint density at radius 1 is 0.306 bits per heavy atom. The maximum absolute atomic E-state index is 12.8. The van der Waals surface area contributed by atoms with Gasteiger partial charge in [0, 0.05) is 19.3 Å². The summed E-state index contributed by atoms with van der Waals surface area (Å²) in [7, 11) is 0. The molecule has 0 fully saturated rings. The Balaban J connectivity index is 4.28. The predicted molar refractivity (Wildman–Crippen MR) is 266 cm³/mol. The van der Waals surface area contributed by atoms with Crippen LogP contribution in [-0.2, 0) is 28.6 Å². The maximum Gasteiger partial charge on any atom is 0.306 e. The van der Waals surface area contributed by atoms with E-state index < -0.39 is 6.10 Å². The number of carbonyl (C=O) groups excluding carboxylic acids is 3. The van der Waals surface area contributed by atoms with Crippen LogP contribution in [0, 0.1) is 0 Å². The van der Waals surface area contributed by atoms with Crippen LogP contribution in [0.25, 0.3) is 0 Å². The van der Waals surface area contributed by atoms with Gasteiger partial charge in [0.05, 0.1) is 0 Å². The normalized spacial score (nSPS) is 12.1. The van der Waals surface area contributed by atoms with Crippen molar-refractivity contribution in [2.24, 2.45) is 0 Å². The third kappa shape index (κ3) is 48.9. The number of hydrogen-bond donors (Lipinski definition) is 0. The number of hydrogen-bond acceptors (Lipinski definition) is 6. The van der Waals surface area contributed by atoms with Gasteiger partial charge >= 0.3 is 17.9 Å². The molecule has 0 saturated heterocycles. The number of allylic oxidation sites excluding steroid dienone is 4. The lowest BCUT2D eigenvalue weighted by atomic mass is 10.0. The molecule has 0 aliphatic carbocycles. The fourth-order valence-corrected chi connectivity index (χ4v) is 8.01. The quantitative estimate of drug-likeness (QED) is 0.0262. The minimum Gasteiger partial charge on any atom is -0.462 e. The molecule has 0 bridgehead atoms. The first-order valence-corrected chi connectivity index (χ1v) is 27.3. The van der Waals surface area contributed by atoms with Gasteiger partial charge in [0.1, 0.15) is 13.2 Å². The van der Waals surface area contributed by atoms with E-state index in [1.54, 1.807) is 0 Å². The van der Waals surface area contributed by atoms with Crippen molar-refractivity contribution in [1.82, 2.24) is 0 Å². The number of esters is 3. The van der Waals surface area contributed by atoms with Crippen LogP contribution in [0.3, 0.4) is 0 Å². The van der Waals surface area contributed by atoms with Crippen molar-refractivity contribution in [2.75, 3.05) is 13.2 Å². The van der Waals surface area contributed by atoms with Crippen molar-refractivity contribution in [1.29, 1.82) is 0 Å². The maximum atomic E-state index is 12.8. The molecule has 0 aromatic rings. The molecule has 1 atom stereocenters. The summed E-state index contributed by atoms with van der Waals surface area (Å²) in [5.74, 6) is -0.877. The summed E-state index contributed by atoms with van der Waals surface area (Å²) in [6.07, 6.45) is 58.8. The second-order valence-electron chi connectivity index (χ2n) is 18.5. The minimum atomic E-state index is -0.774. The van der Waals surface area contributed by atoms with Gasteiger partial charge in [-0.15, -0.1) is 0 Å². The van der Waals surface area contributed by atoms with Crippen molar-refractivity contribution in [3.8, 4) is 0 Å². The van der Waals surface area contributed by atoms with Crippen molar-refractivity contribution >= 4 is 17.9 Å². The average Bonchev–Trinajstić information content (AvgIpc) is 3.27. The van der Waals surface area contributed by atoms with Gasteiger partial charge < -0.3 is 14.2 Å². The zero-order valence-electron chi connectivity index (χ0n) is 41.7. The Hall–Kier alpha value is -2.11. The summed E-state index contributed by atoms with van der Waals surface area (Å²) in [5.41, 5.74) is 0. The summed E-state index contributed by atoms with van der Waals surface area (Å²) in [4.78, 5) is 38.0. The van der Waals surface area contributed by atoms with E-state index >= 15 is 0 Å². The van der Waals surface area contributed by atoms with E-state index in [4.69, 9.17) is 14.2 Å². The first kappa shape index (κ1) is 59.9. The summed E-state index contributed by atoms with van der Waals surface area (Å²) >= 11 is 0. The van der Waals surface area contributed by atoms with Crippen LogP contribution in [0.5, 0.6) is 0 Å². The molecule has 0 aliphatic heterocycles. The van der Waals surface area contributed by atoms with Crippen LogP contribution in [0.2, 0.25) is 0 Å². The molecule has 0 saturated carbocycles. The molecule has 0 rings (SSSR count). The van der Waals surface area contributed by atoms with E-state index in [1.807, 2.05) is 0 Å². The Morgan fingerprint density at radius 2 is 0.548 bits per heavy atom. The zero-order chi connectivity index (χ0) is 45.1. The largest absolute Gasteiger partial charge is 0.462 e. The molecule has 0 unspecified atom stereocenters. The van der Waals surface area contributed by atoms with Crippen LogP contribution >= 0.6 is 0 Å². The molecule has 6 nitrogen and oxygen atoms in total. The molecule has 0 aromatic carbocycles. The molecule has 364 valence electrons. The molecule has 0 aliphatic rings. The summed E-state index contributed by atoms with van der Waals surface area (Å²) in [5, 5.41) is 0. The lowest BCUT2D eigenvalue weighted by Crippen LogP contribution is -2.30. The molecule has 0 aromatic heterocycles. The molecular formula is C56H104O6. The third-order valence-corrected chi connectivity index (χ3v) is 12.2. The van der Waals surface area contributed by atoms with Crippen molar-refractivity contribution in [3.05, 3.63) is 24.3 Å². The van der Waals surface area contributed by atoms with Gasteiger partial charge in [-0.3, -0.25) is 14.4 Å². The van der Waals surface area contributed by atoms with Gasteiger partial charge in [-0.1, -0.05) is 238 Å². The first-order chi connectivity index (χ1) is 30.5. The molecule has 0 heterocycles. The SMILES string of the molecule is CCCC/C=C\CCCCCCCC(=O)OC[C@H](COC(=O)CCCCCCCCCCCCCCCCCCCCC)OC(=O)CCCCCCC/C=C\CCCCCCC. The highest BCUT2D eigenvalue weighted by molar-refractivity contribution is 5.71. The second-order valence-corrected chi connectivity index (χ2v) is 18.5. The molecule has 0 amide bonds. The van der Waals surface area contributed by atoms with Crippen LogP contribution in [0.4, 0.5) is 0 Å². The molecule has 62 heavy (non-hydrogen) atoms. The number of ether oxygens (including phenoxy) is 3. The molecule has 0 spiro atoms. The number of carbonyl (C=O) groups is 3. The average molecular weight is 873 g/mol. The monoisotopic (exact) mass is 873 g/mol. The van der Waals surface area contributed by atoms with Crippen LogP contribution in [-0.4, -0.2) is 37.2 Å². The number of rotatable bonds is 50. The summed E-state index contributed by atoms with van der Waals surface area (Å²) in [6.45, 7) is 6.61. The molecule has 0 radical (unpaired) electrons. The van der Waals surface area contributed by atoms with Gasteiger partial charge in [0.25, 0.3) is 0 Å². The molecular weight excluding hydrogens is 769 g/mol. The lowest BCUT2D eigenvalue weighted by molar-refractivity contribution is -0.167. The van der Waals surface area contributed by atoms with Gasteiger partial charge in [-0.2, -0.15) is 0 Å². The smallest absolute Gasteiger partial charge is 0.306 e. The van der Waals surface area contributed by atoms with E-state index in [-0.39, 0.29) is 31.1 Å². The second kappa shape index (κ2) is 51.5. The van der Waals surface area contributed by atoms with Gasteiger partial charge in [0.15, 0.2) is 6.10 Å². The fourth-order valence-electron chi connectivity index (χ4n) is 8.01. The predicted octanol–water partition coefficient (Wildman–Crippen LogP) is 17.9. The number of unbranched alkanes of at least 4 members (excludes halogenated alkanes) is 35.